The average Bonchev–Trinajstić information content (AvgIpc) is 2.55. The Balaban J connectivity index is 2.14. The Labute approximate surface area is 131 Å². The number of carbonyl (C=O) groups is 2. The number of carbonyl (C=O) groups excluding carboxylic acids is 1. The predicted octanol–water partition coefficient (Wildman–Crippen LogP) is 1.18. The van der Waals surface area contributed by atoms with Crippen LogP contribution in [0, 0.1) is 11.6 Å². The van der Waals surface area contributed by atoms with Gasteiger partial charge in [0.2, 0.25) is 0 Å². The van der Waals surface area contributed by atoms with E-state index in [4.69, 9.17) is 14.6 Å². The van der Waals surface area contributed by atoms with Crippen LogP contribution in [0.5, 0.6) is 0 Å². The first-order valence-electron chi connectivity index (χ1n) is 7.12. The van der Waals surface area contributed by atoms with Crippen LogP contribution >= 0.6 is 0 Å². The number of carboxylic acids is 1. The Morgan fingerprint density at radius 2 is 2.09 bits per heavy atom. The highest BCUT2D eigenvalue weighted by atomic mass is 19.2. The molecule has 1 fully saturated rings. The Bertz CT molecular complexity index is 575. The van der Waals surface area contributed by atoms with Crippen molar-refractivity contribution in [3.05, 3.63) is 35.4 Å². The first kappa shape index (κ1) is 17.3. The zero-order chi connectivity index (χ0) is 16.8. The third kappa shape index (κ3) is 4.70. The third-order valence-corrected chi connectivity index (χ3v) is 3.39. The van der Waals surface area contributed by atoms with E-state index in [1.165, 1.54) is 12.1 Å². The van der Waals surface area contributed by atoms with E-state index in [1.807, 2.05) is 0 Å². The number of hydrogen-bond acceptors (Lipinski definition) is 4. The van der Waals surface area contributed by atoms with Gasteiger partial charge in [0.1, 0.15) is 0 Å². The minimum atomic E-state index is -1.09. The zero-order valence-corrected chi connectivity index (χ0v) is 12.3. The molecule has 0 radical (unpaired) electrons. The number of carboxylic acid groups (broad SMARTS) is 1. The molecule has 0 bridgehead atoms. The van der Waals surface area contributed by atoms with Crippen molar-refractivity contribution < 1.29 is 33.0 Å². The minimum Gasteiger partial charge on any atom is -0.481 e. The molecule has 1 aromatic carbocycles. The van der Waals surface area contributed by atoms with Gasteiger partial charge in [-0.15, -0.1) is 0 Å². The van der Waals surface area contributed by atoms with E-state index in [0.29, 0.717) is 6.61 Å². The quantitative estimate of drug-likeness (QED) is 0.848. The summed E-state index contributed by atoms with van der Waals surface area (Å²) in [4.78, 5) is 24.3. The predicted molar refractivity (Wildman–Crippen MR) is 74.6 cm³/mol. The van der Waals surface area contributed by atoms with E-state index >= 15 is 0 Å². The Hall–Kier alpha value is -2.06. The Morgan fingerprint density at radius 3 is 2.74 bits per heavy atom. The molecule has 23 heavy (non-hydrogen) atoms. The summed E-state index contributed by atoms with van der Waals surface area (Å²) in [5, 5.41) is 8.79. The van der Waals surface area contributed by atoms with Gasteiger partial charge in [-0.3, -0.25) is 9.59 Å². The number of ether oxygens (including phenoxy) is 2. The molecule has 1 heterocycles. The molecule has 0 saturated carbocycles. The van der Waals surface area contributed by atoms with Crippen LogP contribution in [0.1, 0.15) is 12.0 Å². The molecule has 6 nitrogen and oxygen atoms in total. The summed E-state index contributed by atoms with van der Waals surface area (Å²) in [6.45, 7) is 0.294. The van der Waals surface area contributed by atoms with Crippen LogP contribution in [-0.2, 0) is 25.6 Å². The van der Waals surface area contributed by atoms with E-state index in [9.17, 15) is 18.4 Å². The van der Waals surface area contributed by atoms with E-state index in [2.05, 4.69) is 0 Å². The smallest absolute Gasteiger partial charge is 0.305 e. The first-order chi connectivity index (χ1) is 11.0. The lowest BCUT2D eigenvalue weighted by Crippen LogP contribution is -2.45. The molecule has 0 aromatic heterocycles. The summed E-state index contributed by atoms with van der Waals surface area (Å²) in [5.74, 6) is -3.68. The van der Waals surface area contributed by atoms with E-state index in [0.717, 1.165) is 11.0 Å². The SMILES string of the molecule is O=C(O)CCN(Cc1cccc(F)c1F)C(=O)[C@@H]1COCCO1. The molecule has 126 valence electrons. The highest BCUT2D eigenvalue weighted by molar-refractivity contribution is 5.81. The molecule has 1 aliphatic heterocycles. The molecule has 0 unspecified atom stereocenters. The van der Waals surface area contributed by atoms with Crippen molar-refractivity contribution in [3.63, 3.8) is 0 Å². The van der Waals surface area contributed by atoms with Crippen molar-refractivity contribution in [2.24, 2.45) is 0 Å². The van der Waals surface area contributed by atoms with Gasteiger partial charge >= 0.3 is 5.97 Å². The number of hydrogen-bond donors (Lipinski definition) is 1. The van der Waals surface area contributed by atoms with Gasteiger partial charge in [-0.1, -0.05) is 12.1 Å². The van der Waals surface area contributed by atoms with Crippen molar-refractivity contribution in [3.8, 4) is 0 Å². The molecule has 2 rings (SSSR count). The fourth-order valence-electron chi connectivity index (χ4n) is 2.21. The maximum absolute atomic E-state index is 13.8. The number of rotatable bonds is 6. The van der Waals surface area contributed by atoms with Crippen LogP contribution in [0.25, 0.3) is 0 Å². The average molecular weight is 329 g/mol. The lowest BCUT2D eigenvalue weighted by atomic mass is 10.1. The van der Waals surface area contributed by atoms with Crippen molar-refractivity contribution in [1.29, 1.82) is 0 Å². The van der Waals surface area contributed by atoms with Gasteiger partial charge < -0.3 is 19.5 Å². The van der Waals surface area contributed by atoms with Gasteiger partial charge in [-0.05, 0) is 6.07 Å². The summed E-state index contributed by atoms with van der Waals surface area (Å²) in [6.07, 6.45) is -1.18. The normalized spacial score (nSPS) is 17.7. The fourth-order valence-corrected chi connectivity index (χ4v) is 2.21. The Morgan fingerprint density at radius 1 is 1.30 bits per heavy atom. The molecule has 0 spiro atoms. The monoisotopic (exact) mass is 329 g/mol. The molecule has 1 amide bonds. The number of halogens is 2. The molecule has 1 N–H and O–H groups in total. The summed E-state index contributed by atoms with van der Waals surface area (Å²) in [5.41, 5.74) is -0.0273. The van der Waals surface area contributed by atoms with Crippen molar-refractivity contribution in [2.45, 2.75) is 19.1 Å². The maximum atomic E-state index is 13.8. The van der Waals surface area contributed by atoms with Crippen molar-refractivity contribution in [1.82, 2.24) is 4.90 Å². The first-order valence-corrected chi connectivity index (χ1v) is 7.12. The van der Waals surface area contributed by atoms with Crippen molar-refractivity contribution in [2.75, 3.05) is 26.4 Å². The number of aliphatic carboxylic acids is 1. The summed E-state index contributed by atoms with van der Waals surface area (Å²) in [6, 6.07) is 3.64. The topological polar surface area (TPSA) is 76.1 Å². The second-order valence-corrected chi connectivity index (χ2v) is 5.05. The molecule has 1 atom stereocenters. The molecule has 0 aliphatic carbocycles. The second-order valence-electron chi connectivity index (χ2n) is 5.05. The summed E-state index contributed by atoms with van der Waals surface area (Å²) < 4.78 is 37.5. The maximum Gasteiger partial charge on any atom is 0.305 e. The van der Waals surface area contributed by atoms with Crippen LogP contribution < -0.4 is 0 Å². The number of amides is 1. The number of nitrogens with zero attached hydrogens (tertiary/aromatic N) is 1. The lowest BCUT2D eigenvalue weighted by molar-refractivity contribution is -0.159. The standard InChI is InChI=1S/C15H17F2NO5/c16-11-3-1-2-10(14(11)17)8-18(5-4-13(19)20)15(21)12-9-22-6-7-23-12/h1-3,12H,4-9H2,(H,19,20)/t12-/m0/s1. The van der Waals surface area contributed by atoms with E-state index < -0.39 is 29.6 Å². The molecule has 1 aliphatic rings. The van der Waals surface area contributed by atoms with Gasteiger partial charge in [-0.2, -0.15) is 0 Å². The molecular formula is C15H17F2NO5. The number of benzene rings is 1. The largest absolute Gasteiger partial charge is 0.481 e. The van der Waals surface area contributed by atoms with Crippen LogP contribution in [0.2, 0.25) is 0 Å². The molecule has 1 saturated heterocycles. The van der Waals surface area contributed by atoms with Gasteiger partial charge in [0.05, 0.1) is 26.2 Å². The van der Waals surface area contributed by atoms with Crippen molar-refractivity contribution >= 4 is 11.9 Å². The molecular weight excluding hydrogens is 312 g/mol. The van der Waals surface area contributed by atoms with E-state index in [1.54, 1.807) is 0 Å². The highest BCUT2D eigenvalue weighted by Gasteiger charge is 2.28. The second kappa shape index (κ2) is 7.98. The Kier molecular flexibility index (Phi) is 6.00. The minimum absolute atomic E-state index is 0.0273. The summed E-state index contributed by atoms with van der Waals surface area (Å²) in [7, 11) is 0. The third-order valence-electron chi connectivity index (χ3n) is 3.39. The fraction of sp³-hybridized carbons (Fsp3) is 0.467. The molecule has 1 aromatic rings. The highest BCUT2D eigenvalue weighted by Crippen LogP contribution is 2.16. The van der Waals surface area contributed by atoms with Crippen LogP contribution in [0.3, 0.4) is 0 Å². The van der Waals surface area contributed by atoms with E-state index in [-0.39, 0.29) is 38.3 Å². The summed E-state index contributed by atoms with van der Waals surface area (Å²) >= 11 is 0. The zero-order valence-electron chi connectivity index (χ0n) is 12.3. The van der Waals surface area contributed by atoms with Gasteiger partial charge in [0.25, 0.3) is 5.91 Å². The van der Waals surface area contributed by atoms with Crippen LogP contribution in [-0.4, -0.2) is 54.4 Å². The van der Waals surface area contributed by atoms with Gasteiger partial charge in [0.15, 0.2) is 17.7 Å². The van der Waals surface area contributed by atoms with Gasteiger partial charge in [0, 0.05) is 18.7 Å². The molecule has 8 heteroatoms. The van der Waals surface area contributed by atoms with Crippen LogP contribution in [0.4, 0.5) is 8.78 Å². The van der Waals surface area contributed by atoms with Gasteiger partial charge in [-0.25, -0.2) is 8.78 Å². The lowest BCUT2D eigenvalue weighted by Gasteiger charge is -2.29. The van der Waals surface area contributed by atoms with Crippen LogP contribution in [0.15, 0.2) is 18.2 Å².